The quantitative estimate of drug-likeness (QED) is 0.185. The summed E-state index contributed by atoms with van der Waals surface area (Å²) in [7, 11) is 0. The number of hydrogen-bond donors (Lipinski definition) is 2. The van der Waals surface area contributed by atoms with Crippen LogP contribution < -0.4 is 5.73 Å². The van der Waals surface area contributed by atoms with Crippen molar-refractivity contribution in [3.05, 3.63) is 76.9 Å². The number of nitrogens with two attached hydrogens (primary N) is 1. The van der Waals surface area contributed by atoms with Crippen LogP contribution >= 0.6 is 0 Å². The number of hydrogen-bond acceptors (Lipinski definition) is 6. The molecule has 3 saturated carbocycles. The number of benzene rings is 2. The van der Waals surface area contributed by atoms with Gasteiger partial charge in [-0.1, -0.05) is 72.2 Å². The van der Waals surface area contributed by atoms with Gasteiger partial charge in [0.2, 0.25) is 0 Å². The van der Waals surface area contributed by atoms with Gasteiger partial charge in [0.25, 0.3) is 0 Å². The predicted molar refractivity (Wildman–Crippen MR) is 197 cm³/mol. The van der Waals surface area contributed by atoms with Crippen LogP contribution in [0.15, 0.2) is 65.7 Å². The molecule has 6 nitrogen and oxygen atoms in total. The molecule has 6 heteroatoms. The third-order valence-electron chi connectivity index (χ3n) is 15.7. The first-order chi connectivity index (χ1) is 23.5. The molecule has 270 valence electrons. The molecule has 0 bridgehead atoms. The summed E-state index contributed by atoms with van der Waals surface area (Å²) >= 11 is 0. The molecule has 0 heterocycles. The van der Waals surface area contributed by atoms with Gasteiger partial charge in [-0.25, -0.2) is 9.59 Å². The number of carbonyl (C=O) groups excluding carboxylic acids is 2. The molecular formula is C44H59NO5. The van der Waals surface area contributed by atoms with Crippen LogP contribution in [0.1, 0.15) is 133 Å². The summed E-state index contributed by atoms with van der Waals surface area (Å²) < 4.78 is 12.3. The van der Waals surface area contributed by atoms with Crippen molar-refractivity contribution in [3.63, 3.8) is 0 Å². The van der Waals surface area contributed by atoms with E-state index >= 15 is 0 Å². The average Bonchev–Trinajstić information content (AvgIpc) is 3.08. The van der Waals surface area contributed by atoms with E-state index in [1.165, 1.54) is 11.1 Å². The highest BCUT2D eigenvalue weighted by Gasteiger charge is 2.67. The van der Waals surface area contributed by atoms with E-state index in [2.05, 4.69) is 48.5 Å². The Morgan fingerprint density at radius 1 is 0.800 bits per heavy atom. The Bertz CT molecular complexity index is 1680. The van der Waals surface area contributed by atoms with Crippen LogP contribution in [0.2, 0.25) is 0 Å². The minimum absolute atomic E-state index is 0.0233. The van der Waals surface area contributed by atoms with Gasteiger partial charge in [0.1, 0.15) is 6.10 Å². The first-order valence-electron chi connectivity index (χ1n) is 19.2. The van der Waals surface area contributed by atoms with Crippen molar-refractivity contribution in [3.8, 4) is 0 Å². The maximum absolute atomic E-state index is 13.3. The molecule has 0 amide bonds. The van der Waals surface area contributed by atoms with E-state index in [1.807, 2.05) is 30.3 Å². The Hall–Kier alpha value is -3.12. The number of allylic oxidation sites excluding steroid dienone is 1. The van der Waals surface area contributed by atoms with Gasteiger partial charge in [-0.15, -0.1) is 0 Å². The van der Waals surface area contributed by atoms with Crippen LogP contribution in [-0.4, -0.2) is 35.9 Å². The normalized spacial score (nSPS) is 40.4. The van der Waals surface area contributed by atoms with Gasteiger partial charge in [-0.2, -0.15) is 0 Å². The molecule has 2 aromatic rings. The molecular weight excluding hydrogens is 622 g/mol. The summed E-state index contributed by atoms with van der Waals surface area (Å²) in [5.74, 6) is 0.122. The minimum Gasteiger partial charge on any atom is -0.462 e. The summed E-state index contributed by atoms with van der Waals surface area (Å²) in [5.41, 5.74) is 10.1. The number of ether oxygens (including phenoxy) is 2. The highest BCUT2D eigenvalue weighted by Crippen LogP contribution is 2.75. The molecule has 0 aromatic heterocycles. The van der Waals surface area contributed by atoms with Gasteiger partial charge in [-0.3, -0.25) is 0 Å². The second kappa shape index (κ2) is 12.0. The number of anilines is 1. The highest BCUT2D eigenvalue weighted by molar-refractivity contribution is 5.90. The lowest BCUT2D eigenvalue weighted by Gasteiger charge is -2.70. The van der Waals surface area contributed by atoms with Gasteiger partial charge in [0, 0.05) is 16.5 Å². The molecule has 2 aromatic carbocycles. The van der Waals surface area contributed by atoms with Crippen LogP contribution in [0.4, 0.5) is 5.69 Å². The molecule has 0 saturated heterocycles. The van der Waals surface area contributed by atoms with Crippen LogP contribution in [0, 0.1) is 44.3 Å². The van der Waals surface area contributed by atoms with E-state index in [4.69, 9.17) is 15.2 Å². The number of nitrogen functional groups attached to an aromatic ring is 1. The zero-order valence-corrected chi connectivity index (χ0v) is 31.4. The smallest absolute Gasteiger partial charge is 0.338 e. The van der Waals surface area contributed by atoms with Gasteiger partial charge in [0.05, 0.1) is 23.8 Å². The number of aliphatic hydroxyl groups is 1. The van der Waals surface area contributed by atoms with Crippen molar-refractivity contribution in [2.75, 3.05) is 12.3 Å². The Kier molecular flexibility index (Phi) is 8.45. The van der Waals surface area contributed by atoms with Crippen LogP contribution in [0.3, 0.4) is 0 Å². The molecule has 3 N–H and O–H groups in total. The number of fused-ring (bicyclic) bond motifs is 6. The molecule has 5 aliphatic rings. The second-order valence-corrected chi connectivity index (χ2v) is 18.9. The van der Waals surface area contributed by atoms with Gasteiger partial charge in [-0.05, 0) is 140 Å². The lowest BCUT2D eigenvalue weighted by Crippen LogP contribution is -2.63. The first-order valence-corrected chi connectivity index (χ1v) is 19.2. The fourth-order valence-electron chi connectivity index (χ4n) is 12.4. The molecule has 7 rings (SSSR count). The predicted octanol–water partition coefficient (Wildman–Crippen LogP) is 9.57. The second-order valence-electron chi connectivity index (χ2n) is 18.9. The highest BCUT2D eigenvalue weighted by atomic mass is 16.5. The molecule has 0 spiro atoms. The number of carbonyl (C=O) groups is 2. The van der Waals surface area contributed by atoms with E-state index in [0.717, 1.165) is 57.8 Å². The van der Waals surface area contributed by atoms with Crippen LogP contribution in [0.5, 0.6) is 0 Å². The summed E-state index contributed by atoms with van der Waals surface area (Å²) in [5, 5.41) is 12.4. The van der Waals surface area contributed by atoms with E-state index in [1.54, 1.807) is 24.3 Å². The molecule has 0 radical (unpaired) electrons. The average molecular weight is 682 g/mol. The van der Waals surface area contributed by atoms with Gasteiger partial charge in [0.15, 0.2) is 0 Å². The third kappa shape index (κ3) is 5.37. The van der Waals surface area contributed by atoms with Crippen molar-refractivity contribution in [2.24, 2.45) is 44.3 Å². The van der Waals surface area contributed by atoms with Gasteiger partial charge >= 0.3 is 11.9 Å². The molecule has 5 aliphatic carbocycles. The number of rotatable bonds is 5. The van der Waals surface area contributed by atoms with Gasteiger partial charge < -0.3 is 20.3 Å². The van der Waals surface area contributed by atoms with E-state index in [-0.39, 0.29) is 56.5 Å². The van der Waals surface area contributed by atoms with Crippen molar-refractivity contribution in [2.45, 2.75) is 125 Å². The summed E-state index contributed by atoms with van der Waals surface area (Å²) in [6.45, 7) is 17.3. The van der Waals surface area contributed by atoms with Crippen molar-refractivity contribution in [1.29, 1.82) is 0 Å². The first kappa shape index (κ1) is 35.3. The molecule has 0 unspecified atom stereocenters. The Morgan fingerprint density at radius 3 is 2.16 bits per heavy atom. The Balaban J connectivity index is 1.15. The summed E-state index contributed by atoms with van der Waals surface area (Å²) in [6.07, 6.45) is 9.31. The Morgan fingerprint density at radius 2 is 1.46 bits per heavy atom. The monoisotopic (exact) mass is 681 g/mol. The fourth-order valence-corrected chi connectivity index (χ4v) is 12.4. The SMILES string of the molecule is CC1(C)[C@H](OC(=O)c2ccc(N)cc2)CC[C@]2(C)C3=C([C@@H](O)C[C@@H]12)[C@@]1(C)CC[C@@]2(C)CC[C@@](C)(COC(=O)c4ccccc4)C[C@H]2[C@]1(C)CC3. The topological polar surface area (TPSA) is 98.8 Å². The summed E-state index contributed by atoms with van der Waals surface area (Å²) in [6, 6.07) is 16.3. The molecule has 0 aliphatic heterocycles. The zero-order chi connectivity index (χ0) is 35.9. The summed E-state index contributed by atoms with van der Waals surface area (Å²) in [4.78, 5) is 26.2. The van der Waals surface area contributed by atoms with E-state index in [9.17, 15) is 14.7 Å². The Labute approximate surface area is 299 Å². The lowest BCUT2D eigenvalue weighted by molar-refractivity contribution is -0.169. The van der Waals surface area contributed by atoms with Crippen LogP contribution in [0.25, 0.3) is 0 Å². The minimum atomic E-state index is -0.510. The zero-order valence-electron chi connectivity index (χ0n) is 31.4. The van der Waals surface area contributed by atoms with Crippen molar-refractivity contribution >= 4 is 17.6 Å². The number of aliphatic hydroxyl groups excluding tert-OH is 1. The fraction of sp³-hybridized carbons (Fsp3) is 0.636. The molecule has 3 fully saturated rings. The van der Waals surface area contributed by atoms with E-state index < -0.39 is 6.10 Å². The standard InChI is InChI=1S/C44H59NO5/c1-39(2)33-25-32(46)36-31(42(33,5)19-18-35(39)50-38(48)29-13-15-30(45)16-14-29)17-20-43(6)34-26-40(3,21-22-41(34,4)23-24-44(36,43)7)27-49-37(47)28-11-9-8-10-12-28/h8-16,32-35,46H,17-27,45H2,1-7H3/t32-,33-,34+,35+,40+,41+,42+,43-,44+/m0/s1. The maximum Gasteiger partial charge on any atom is 0.338 e. The maximum atomic E-state index is 13.3. The van der Waals surface area contributed by atoms with Crippen molar-refractivity contribution in [1.82, 2.24) is 0 Å². The van der Waals surface area contributed by atoms with Crippen LogP contribution in [-0.2, 0) is 9.47 Å². The lowest BCUT2D eigenvalue weighted by atomic mass is 9.35. The van der Waals surface area contributed by atoms with Crippen molar-refractivity contribution < 1.29 is 24.2 Å². The molecule has 50 heavy (non-hydrogen) atoms. The molecule has 9 atom stereocenters. The largest absolute Gasteiger partial charge is 0.462 e. The number of esters is 2. The van der Waals surface area contributed by atoms with E-state index in [0.29, 0.717) is 35.8 Å². The third-order valence-corrected chi connectivity index (χ3v) is 15.7.